The van der Waals surface area contributed by atoms with Crippen molar-refractivity contribution in [3.63, 3.8) is 0 Å². The number of carbonyl (C=O) groups is 2. The third-order valence-corrected chi connectivity index (χ3v) is 1.94. The summed E-state index contributed by atoms with van der Waals surface area (Å²) in [7, 11) is 3.85. The average molecular weight is 220 g/mol. The normalized spacial score (nSPS) is 14.9. The minimum atomic E-state index is -1.09. The standard InChI is InChI=1S/C8H16N2O5/c1-13-4(5(14-2)7(9)11)6(15-3)8(10)12/h4-6H,1-3H3,(H2,9,11)(H2,10,12)/t5-,6-/m1/s1. The van der Waals surface area contributed by atoms with Gasteiger partial charge in [-0.05, 0) is 0 Å². The lowest BCUT2D eigenvalue weighted by atomic mass is 10.1. The Kier molecular flexibility index (Phi) is 5.83. The first-order valence-electron chi connectivity index (χ1n) is 4.16. The van der Waals surface area contributed by atoms with E-state index in [1.807, 2.05) is 0 Å². The highest BCUT2D eigenvalue weighted by Crippen LogP contribution is 2.10. The molecular formula is C8H16N2O5. The highest BCUT2D eigenvalue weighted by atomic mass is 16.6. The Bertz CT molecular complexity index is 211. The zero-order chi connectivity index (χ0) is 12.0. The molecule has 0 radical (unpaired) electrons. The van der Waals surface area contributed by atoms with Gasteiger partial charge in [-0.15, -0.1) is 0 Å². The second kappa shape index (κ2) is 6.33. The van der Waals surface area contributed by atoms with E-state index in [0.29, 0.717) is 0 Å². The Hall–Kier alpha value is -1.18. The third-order valence-electron chi connectivity index (χ3n) is 1.94. The number of amides is 2. The molecule has 0 bridgehead atoms. The average Bonchev–Trinajstić information content (AvgIpc) is 2.16. The monoisotopic (exact) mass is 220 g/mol. The lowest BCUT2D eigenvalue weighted by Crippen LogP contribution is -2.52. The van der Waals surface area contributed by atoms with E-state index in [9.17, 15) is 9.59 Å². The molecule has 0 aromatic heterocycles. The van der Waals surface area contributed by atoms with Crippen molar-refractivity contribution in [3.8, 4) is 0 Å². The SMILES string of the molecule is COC([C@@H](OC)C(N)=O)[C@@H](OC)C(N)=O. The van der Waals surface area contributed by atoms with E-state index in [0.717, 1.165) is 0 Å². The summed E-state index contributed by atoms with van der Waals surface area (Å²) in [6.45, 7) is 0. The van der Waals surface area contributed by atoms with E-state index in [2.05, 4.69) is 0 Å². The van der Waals surface area contributed by atoms with Gasteiger partial charge in [-0.25, -0.2) is 0 Å². The molecule has 88 valence electrons. The molecule has 15 heavy (non-hydrogen) atoms. The summed E-state index contributed by atoms with van der Waals surface area (Å²) in [4.78, 5) is 22.0. The molecule has 2 amide bonds. The molecule has 0 rings (SSSR count). The molecule has 0 fully saturated rings. The van der Waals surface area contributed by atoms with Crippen LogP contribution >= 0.6 is 0 Å². The number of primary amides is 2. The highest BCUT2D eigenvalue weighted by Gasteiger charge is 2.36. The molecule has 2 atom stereocenters. The Labute approximate surface area is 87.6 Å². The fourth-order valence-electron chi connectivity index (χ4n) is 1.23. The molecule has 0 aliphatic heterocycles. The van der Waals surface area contributed by atoms with Crippen molar-refractivity contribution in [2.24, 2.45) is 11.5 Å². The van der Waals surface area contributed by atoms with Gasteiger partial charge in [0.25, 0.3) is 0 Å². The van der Waals surface area contributed by atoms with Crippen LogP contribution in [-0.2, 0) is 23.8 Å². The number of nitrogens with two attached hydrogens (primary N) is 2. The van der Waals surface area contributed by atoms with Crippen LogP contribution in [0.4, 0.5) is 0 Å². The maximum absolute atomic E-state index is 11.0. The molecule has 0 spiro atoms. The Balaban J connectivity index is 4.84. The van der Waals surface area contributed by atoms with E-state index in [-0.39, 0.29) is 0 Å². The molecule has 0 saturated heterocycles. The minimum Gasteiger partial charge on any atom is -0.375 e. The second-order valence-electron chi connectivity index (χ2n) is 2.82. The molecule has 4 N–H and O–H groups in total. The van der Waals surface area contributed by atoms with Crippen LogP contribution in [0.2, 0.25) is 0 Å². The summed E-state index contributed by atoms with van der Waals surface area (Å²) in [5.74, 6) is -1.51. The Morgan fingerprint density at radius 1 is 0.867 bits per heavy atom. The molecule has 0 aliphatic carbocycles. The maximum Gasteiger partial charge on any atom is 0.249 e. The van der Waals surface area contributed by atoms with Gasteiger partial charge in [-0.3, -0.25) is 9.59 Å². The zero-order valence-electron chi connectivity index (χ0n) is 8.93. The van der Waals surface area contributed by atoms with Gasteiger partial charge in [0.1, 0.15) is 6.10 Å². The molecule has 0 aliphatic rings. The number of carbonyl (C=O) groups excluding carboxylic acids is 2. The van der Waals surface area contributed by atoms with Crippen LogP contribution < -0.4 is 11.5 Å². The van der Waals surface area contributed by atoms with E-state index in [4.69, 9.17) is 25.7 Å². The smallest absolute Gasteiger partial charge is 0.249 e. The largest absolute Gasteiger partial charge is 0.375 e. The third kappa shape index (κ3) is 3.46. The van der Waals surface area contributed by atoms with Crippen molar-refractivity contribution < 1.29 is 23.8 Å². The van der Waals surface area contributed by atoms with Crippen LogP contribution in [0.25, 0.3) is 0 Å². The topological polar surface area (TPSA) is 114 Å². The summed E-state index contributed by atoms with van der Waals surface area (Å²) in [5.41, 5.74) is 10.1. The zero-order valence-corrected chi connectivity index (χ0v) is 8.93. The lowest BCUT2D eigenvalue weighted by Gasteiger charge is -2.26. The van der Waals surface area contributed by atoms with Crippen molar-refractivity contribution in [3.05, 3.63) is 0 Å². The Morgan fingerprint density at radius 3 is 1.33 bits per heavy atom. The lowest BCUT2D eigenvalue weighted by molar-refractivity contribution is -0.155. The van der Waals surface area contributed by atoms with E-state index < -0.39 is 30.1 Å². The minimum absolute atomic E-state index is 0.757. The Morgan fingerprint density at radius 2 is 1.20 bits per heavy atom. The first-order chi connectivity index (χ1) is 6.99. The van der Waals surface area contributed by atoms with Crippen LogP contribution in [0.15, 0.2) is 0 Å². The van der Waals surface area contributed by atoms with Crippen LogP contribution in [0, 0.1) is 0 Å². The van der Waals surface area contributed by atoms with Gasteiger partial charge < -0.3 is 25.7 Å². The summed E-state index contributed by atoms with van der Waals surface area (Å²) in [5, 5.41) is 0. The summed E-state index contributed by atoms with van der Waals surface area (Å²) in [6.07, 6.45) is -3.14. The molecule has 0 saturated carbocycles. The second-order valence-corrected chi connectivity index (χ2v) is 2.82. The number of rotatable bonds is 7. The molecule has 0 heterocycles. The first-order valence-corrected chi connectivity index (χ1v) is 4.16. The van der Waals surface area contributed by atoms with Crippen molar-refractivity contribution in [1.82, 2.24) is 0 Å². The van der Waals surface area contributed by atoms with Crippen molar-refractivity contribution >= 4 is 11.8 Å². The number of methoxy groups -OCH3 is 3. The van der Waals surface area contributed by atoms with Gasteiger partial charge in [0, 0.05) is 21.3 Å². The van der Waals surface area contributed by atoms with Gasteiger partial charge in [0.05, 0.1) is 0 Å². The van der Waals surface area contributed by atoms with Gasteiger partial charge >= 0.3 is 0 Å². The quantitative estimate of drug-likeness (QED) is 0.515. The van der Waals surface area contributed by atoms with Gasteiger partial charge in [0.15, 0.2) is 12.2 Å². The molecule has 0 aromatic carbocycles. The van der Waals surface area contributed by atoms with Crippen LogP contribution in [0.5, 0.6) is 0 Å². The number of hydrogen-bond acceptors (Lipinski definition) is 5. The first kappa shape index (κ1) is 13.8. The van der Waals surface area contributed by atoms with Gasteiger partial charge in [0.2, 0.25) is 11.8 Å². The summed E-state index contributed by atoms with van der Waals surface area (Å²) >= 11 is 0. The van der Waals surface area contributed by atoms with Gasteiger partial charge in [-0.1, -0.05) is 0 Å². The van der Waals surface area contributed by atoms with E-state index >= 15 is 0 Å². The molecular weight excluding hydrogens is 204 g/mol. The van der Waals surface area contributed by atoms with Crippen LogP contribution in [0.3, 0.4) is 0 Å². The van der Waals surface area contributed by atoms with E-state index in [1.54, 1.807) is 0 Å². The number of ether oxygens (including phenoxy) is 3. The molecule has 0 unspecified atom stereocenters. The predicted molar refractivity (Wildman–Crippen MR) is 50.8 cm³/mol. The molecule has 0 aromatic rings. The number of hydrogen-bond donors (Lipinski definition) is 2. The van der Waals surface area contributed by atoms with Crippen molar-refractivity contribution in [2.75, 3.05) is 21.3 Å². The molecule has 7 heteroatoms. The van der Waals surface area contributed by atoms with Crippen LogP contribution in [-0.4, -0.2) is 51.5 Å². The van der Waals surface area contributed by atoms with Crippen LogP contribution in [0.1, 0.15) is 0 Å². The van der Waals surface area contributed by atoms with Crippen molar-refractivity contribution in [1.29, 1.82) is 0 Å². The summed E-state index contributed by atoms with van der Waals surface area (Å²) in [6, 6.07) is 0. The highest BCUT2D eigenvalue weighted by molar-refractivity contribution is 5.84. The predicted octanol–water partition coefficient (Wildman–Crippen LogP) is -2.00. The summed E-state index contributed by atoms with van der Waals surface area (Å²) < 4.78 is 14.5. The van der Waals surface area contributed by atoms with E-state index in [1.165, 1.54) is 21.3 Å². The maximum atomic E-state index is 11.0. The fraction of sp³-hybridized carbons (Fsp3) is 0.750. The van der Waals surface area contributed by atoms with Gasteiger partial charge in [-0.2, -0.15) is 0 Å². The molecule has 7 nitrogen and oxygen atoms in total. The fourth-order valence-corrected chi connectivity index (χ4v) is 1.23. The van der Waals surface area contributed by atoms with Crippen molar-refractivity contribution in [2.45, 2.75) is 18.3 Å².